The number of esters is 1. The van der Waals surface area contributed by atoms with Crippen molar-refractivity contribution in [3.05, 3.63) is 34.1 Å². The van der Waals surface area contributed by atoms with Gasteiger partial charge >= 0.3 is 5.97 Å². The van der Waals surface area contributed by atoms with Gasteiger partial charge in [0.1, 0.15) is 5.82 Å². The molecule has 0 bridgehead atoms. The molecule has 0 heterocycles. The molecule has 0 spiro atoms. The number of carbonyl (C=O) groups excluding carboxylic acids is 1. The Kier molecular flexibility index (Phi) is 3.66. The quantitative estimate of drug-likeness (QED) is 0.794. The van der Waals surface area contributed by atoms with Crippen molar-refractivity contribution in [1.82, 2.24) is 0 Å². The van der Waals surface area contributed by atoms with Crippen molar-refractivity contribution >= 4 is 17.6 Å². The molecule has 0 radical (unpaired) electrons. The van der Waals surface area contributed by atoms with E-state index in [1.165, 1.54) is 19.1 Å². The van der Waals surface area contributed by atoms with Gasteiger partial charge in [0.2, 0.25) is 0 Å². The SMILES string of the molecule is COC(=O)C(O)c1c(Cl)ccc(C)c1F. The summed E-state index contributed by atoms with van der Waals surface area (Å²) in [4.78, 5) is 11.0. The molecule has 0 aliphatic rings. The zero-order valence-electron chi connectivity index (χ0n) is 8.25. The van der Waals surface area contributed by atoms with Crippen molar-refractivity contribution in [2.75, 3.05) is 7.11 Å². The Hall–Kier alpha value is -1.13. The third kappa shape index (κ3) is 2.27. The number of methoxy groups -OCH3 is 1. The van der Waals surface area contributed by atoms with Crippen molar-refractivity contribution in [2.45, 2.75) is 13.0 Å². The van der Waals surface area contributed by atoms with E-state index in [2.05, 4.69) is 4.74 Å². The van der Waals surface area contributed by atoms with E-state index in [4.69, 9.17) is 11.6 Å². The lowest BCUT2D eigenvalue weighted by molar-refractivity contribution is -0.150. The largest absolute Gasteiger partial charge is 0.467 e. The van der Waals surface area contributed by atoms with Crippen molar-refractivity contribution in [3.8, 4) is 0 Å². The first-order valence-corrected chi connectivity index (χ1v) is 4.57. The second-order valence-electron chi connectivity index (χ2n) is 3.02. The normalized spacial score (nSPS) is 12.3. The predicted molar refractivity (Wildman–Crippen MR) is 53.1 cm³/mol. The van der Waals surface area contributed by atoms with E-state index < -0.39 is 17.9 Å². The molecule has 1 unspecified atom stereocenters. The van der Waals surface area contributed by atoms with Gasteiger partial charge in [0.05, 0.1) is 7.11 Å². The fraction of sp³-hybridized carbons (Fsp3) is 0.300. The van der Waals surface area contributed by atoms with Crippen LogP contribution in [0.25, 0.3) is 0 Å². The van der Waals surface area contributed by atoms with Gasteiger partial charge in [-0.1, -0.05) is 17.7 Å². The molecule has 0 saturated carbocycles. The van der Waals surface area contributed by atoms with Crippen molar-refractivity contribution in [1.29, 1.82) is 0 Å². The maximum atomic E-state index is 13.6. The van der Waals surface area contributed by atoms with Gasteiger partial charge in [-0.2, -0.15) is 0 Å². The van der Waals surface area contributed by atoms with E-state index >= 15 is 0 Å². The number of ether oxygens (including phenoxy) is 1. The summed E-state index contributed by atoms with van der Waals surface area (Å²) in [5.41, 5.74) is 0.0564. The maximum Gasteiger partial charge on any atom is 0.339 e. The Bertz CT molecular complexity index is 392. The number of aliphatic hydroxyl groups excluding tert-OH is 1. The van der Waals surface area contributed by atoms with Gasteiger partial charge in [-0.25, -0.2) is 9.18 Å². The van der Waals surface area contributed by atoms with Crippen LogP contribution in [0, 0.1) is 12.7 Å². The molecule has 1 aromatic rings. The van der Waals surface area contributed by atoms with Crippen LogP contribution >= 0.6 is 11.6 Å². The van der Waals surface area contributed by atoms with Crippen LogP contribution in [-0.4, -0.2) is 18.2 Å². The highest BCUT2D eigenvalue weighted by Crippen LogP contribution is 2.28. The monoisotopic (exact) mass is 232 g/mol. The molecule has 0 aliphatic carbocycles. The van der Waals surface area contributed by atoms with Crippen molar-refractivity contribution in [3.63, 3.8) is 0 Å². The number of carbonyl (C=O) groups is 1. The Balaban J connectivity index is 3.24. The van der Waals surface area contributed by atoms with Gasteiger partial charge in [0.15, 0.2) is 6.10 Å². The zero-order valence-corrected chi connectivity index (χ0v) is 9.01. The molecule has 1 rings (SSSR count). The van der Waals surface area contributed by atoms with Crippen molar-refractivity contribution < 1.29 is 19.0 Å². The van der Waals surface area contributed by atoms with E-state index in [0.717, 1.165) is 7.11 Å². The summed E-state index contributed by atoms with van der Waals surface area (Å²) in [6, 6.07) is 2.88. The number of hydrogen-bond donors (Lipinski definition) is 1. The summed E-state index contributed by atoms with van der Waals surface area (Å²) in [7, 11) is 1.10. The summed E-state index contributed by atoms with van der Waals surface area (Å²) < 4.78 is 17.9. The number of benzene rings is 1. The van der Waals surface area contributed by atoms with Gasteiger partial charge in [-0.15, -0.1) is 0 Å². The van der Waals surface area contributed by atoms with E-state index in [9.17, 15) is 14.3 Å². The molecule has 15 heavy (non-hydrogen) atoms. The lowest BCUT2D eigenvalue weighted by Crippen LogP contribution is -2.16. The number of halogens is 2. The van der Waals surface area contributed by atoms with Crippen molar-refractivity contribution in [2.24, 2.45) is 0 Å². The van der Waals surface area contributed by atoms with Crippen LogP contribution in [-0.2, 0) is 9.53 Å². The second kappa shape index (κ2) is 4.59. The first-order valence-electron chi connectivity index (χ1n) is 4.19. The third-order valence-electron chi connectivity index (χ3n) is 2.02. The molecule has 0 saturated heterocycles. The van der Waals surface area contributed by atoms with Crippen LogP contribution in [0.2, 0.25) is 5.02 Å². The van der Waals surface area contributed by atoms with Gasteiger partial charge < -0.3 is 9.84 Å². The van der Waals surface area contributed by atoms with Crippen LogP contribution in [0.3, 0.4) is 0 Å². The standard InChI is InChI=1S/C10H10ClFO3/c1-5-3-4-6(11)7(8(5)12)9(13)10(14)15-2/h3-4,9,13H,1-2H3. The summed E-state index contributed by atoms with van der Waals surface area (Å²) in [5, 5.41) is 9.47. The first kappa shape index (κ1) is 11.9. The summed E-state index contributed by atoms with van der Waals surface area (Å²) in [6.45, 7) is 1.51. The second-order valence-corrected chi connectivity index (χ2v) is 3.42. The molecule has 0 fully saturated rings. The smallest absolute Gasteiger partial charge is 0.339 e. The Morgan fingerprint density at radius 2 is 2.20 bits per heavy atom. The fourth-order valence-electron chi connectivity index (χ4n) is 1.16. The van der Waals surface area contributed by atoms with Crippen LogP contribution in [0.4, 0.5) is 4.39 Å². The predicted octanol–water partition coefficient (Wildman–Crippen LogP) is 1.99. The number of hydrogen-bond acceptors (Lipinski definition) is 3. The van der Waals surface area contributed by atoms with E-state index in [1.807, 2.05) is 0 Å². The lowest BCUT2D eigenvalue weighted by Gasteiger charge is -2.12. The van der Waals surface area contributed by atoms with Crippen LogP contribution in [0.5, 0.6) is 0 Å². The molecule has 1 atom stereocenters. The maximum absolute atomic E-state index is 13.6. The molecule has 0 aromatic heterocycles. The third-order valence-corrected chi connectivity index (χ3v) is 2.35. The zero-order chi connectivity index (χ0) is 11.6. The molecular weight excluding hydrogens is 223 g/mol. The Morgan fingerprint density at radius 3 is 2.73 bits per heavy atom. The average molecular weight is 233 g/mol. The average Bonchev–Trinajstić information content (AvgIpc) is 2.22. The van der Waals surface area contributed by atoms with Crippen LogP contribution < -0.4 is 0 Å². The highest BCUT2D eigenvalue weighted by Gasteiger charge is 2.25. The van der Waals surface area contributed by atoms with Crippen LogP contribution in [0.1, 0.15) is 17.2 Å². The van der Waals surface area contributed by atoms with Crippen LogP contribution in [0.15, 0.2) is 12.1 Å². The van der Waals surface area contributed by atoms with Gasteiger partial charge in [-0.3, -0.25) is 0 Å². The molecule has 82 valence electrons. The minimum absolute atomic E-state index is 0.00370. The summed E-state index contributed by atoms with van der Waals surface area (Å²) in [5.74, 6) is -1.64. The summed E-state index contributed by atoms with van der Waals surface area (Å²) >= 11 is 5.69. The molecular formula is C10H10ClFO3. The number of rotatable bonds is 2. The lowest BCUT2D eigenvalue weighted by atomic mass is 10.1. The molecule has 1 aromatic carbocycles. The highest BCUT2D eigenvalue weighted by molar-refractivity contribution is 6.31. The van der Waals surface area contributed by atoms with E-state index in [-0.39, 0.29) is 10.6 Å². The number of aryl methyl sites for hydroxylation is 1. The topological polar surface area (TPSA) is 46.5 Å². The molecule has 0 aliphatic heterocycles. The molecule has 5 heteroatoms. The molecule has 3 nitrogen and oxygen atoms in total. The van der Waals surface area contributed by atoms with Gasteiger partial charge in [0.25, 0.3) is 0 Å². The Labute approximate surface area is 91.4 Å². The first-order chi connectivity index (χ1) is 6.99. The Morgan fingerprint density at radius 1 is 1.60 bits per heavy atom. The van der Waals surface area contributed by atoms with Gasteiger partial charge in [-0.05, 0) is 18.6 Å². The minimum Gasteiger partial charge on any atom is -0.467 e. The van der Waals surface area contributed by atoms with E-state index in [0.29, 0.717) is 5.56 Å². The van der Waals surface area contributed by atoms with Gasteiger partial charge in [0, 0.05) is 10.6 Å². The molecule has 1 N–H and O–H groups in total. The highest BCUT2D eigenvalue weighted by atomic mass is 35.5. The fourth-order valence-corrected chi connectivity index (χ4v) is 1.41. The number of aliphatic hydroxyl groups is 1. The summed E-state index contributed by atoms with van der Waals surface area (Å²) in [6.07, 6.45) is -1.69. The molecule has 0 amide bonds. The van der Waals surface area contributed by atoms with E-state index in [1.54, 1.807) is 0 Å². The minimum atomic E-state index is -1.69.